The number of carbonyl (C=O) groups excluding carboxylic acids is 1. The summed E-state index contributed by atoms with van der Waals surface area (Å²) in [7, 11) is 3.15. The molecule has 0 fully saturated rings. The number of methoxy groups -OCH3 is 2. The van der Waals surface area contributed by atoms with Crippen LogP contribution >= 0.6 is 0 Å². The minimum atomic E-state index is -0.879. The molecular weight excluding hydrogens is 346 g/mol. The van der Waals surface area contributed by atoms with Crippen molar-refractivity contribution in [3.8, 4) is 11.5 Å². The first kappa shape index (κ1) is 20.3. The molecule has 0 aliphatic carbocycles. The molecule has 1 unspecified atom stereocenters. The van der Waals surface area contributed by atoms with Gasteiger partial charge in [0.1, 0.15) is 0 Å². The van der Waals surface area contributed by atoms with Crippen molar-refractivity contribution in [2.45, 2.75) is 31.7 Å². The Balaban J connectivity index is 1.98. The summed E-state index contributed by atoms with van der Waals surface area (Å²) >= 11 is 0. The Morgan fingerprint density at radius 1 is 1.00 bits per heavy atom. The van der Waals surface area contributed by atoms with Gasteiger partial charge < -0.3 is 19.9 Å². The molecule has 2 aromatic rings. The molecule has 144 valence electrons. The summed E-state index contributed by atoms with van der Waals surface area (Å²) in [6.45, 7) is 0. The standard InChI is InChI=1S/C21H25NO5/c1-26-18-11-8-15(14-19(18)27-2)9-12-20(23)22-17(10-13-21(24)25)16-6-4-3-5-7-16/h3-8,11,14,17H,9-10,12-13H2,1-2H3,(H,22,23)(H,24,25). The number of benzene rings is 2. The van der Waals surface area contributed by atoms with Gasteiger partial charge in [-0.2, -0.15) is 0 Å². The summed E-state index contributed by atoms with van der Waals surface area (Å²) in [6.07, 6.45) is 1.19. The number of aliphatic carboxylic acids is 1. The summed E-state index contributed by atoms with van der Waals surface area (Å²) in [6, 6.07) is 14.7. The van der Waals surface area contributed by atoms with E-state index >= 15 is 0 Å². The molecule has 0 aromatic heterocycles. The van der Waals surface area contributed by atoms with Gasteiger partial charge >= 0.3 is 5.97 Å². The lowest BCUT2D eigenvalue weighted by Gasteiger charge is -2.18. The minimum absolute atomic E-state index is 0.00444. The highest BCUT2D eigenvalue weighted by Crippen LogP contribution is 2.28. The van der Waals surface area contributed by atoms with Crippen molar-refractivity contribution in [2.75, 3.05) is 14.2 Å². The van der Waals surface area contributed by atoms with Crippen LogP contribution in [0.3, 0.4) is 0 Å². The van der Waals surface area contributed by atoms with E-state index in [1.54, 1.807) is 14.2 Å². The number of rotatable bonds is 10. The van der Waals surface area contributed by atoms with Crippen LogP contribution in [-0.2, 0) is 16.0 Å². The maximum atomic E-state index is 12.4. The SMILES string of the molecule is COc1ccc(CCC(=O)NC(CCC(=O)O)c2ccccc2)cc1OC. The summed E-state index contributed by atoms with van der Waals surface area (Å²) in [5.74, 6) is 0.266. The molecule has 2 aromatic carbocycles. The Morgan fingerprint density at radius 2 is 1.70 bits per heavy atom. The van der Waals surface area contributed by atoms with Crippen LogP contribution in [0, 0.1) is 0 Å². The number of carboxylic acids is 1. The van der Waals surface area contributed by atoms with Gasteiger partial charge in [-0.05, 0) is 36.1 Å². The zero-order valence-corrected chi connectivity index (χ0v) is 15.6. The maximum absolute atomic E-state index is 12.4. The molecule has 0 radical (unpaired) electrons. The first-order valence-electron chi connectivity index (χ1n) is 8.80. The average molecular weight is 371 g/mol. The molecule has 6 heteroatoms. The van der Waals surface area contributed by atoms with Gasteiger partial charge in [-0.15, -0.1) is 0 Å². The van der Waals surface area contributed by atoms with Gasteiger partial charge in [0.05, 0.1) is 20.3 Å². The average Bonchev–Trinajstić information content (AvgIpc) is 2.69. The zero-order valence-electron chi connectivity index (χ0n) is 15.6. The fourth-order valence-electron chi connectivity index (χ4n) is 2.84. The van der Waals surface area contributed by atoms with E-state index in [1.807, 2.05) is 48.5 Å². The molecule has 6 nitrogen and oxygen atoms in total. The highest BCUT2D eigenvalue weighted by molar-refractivity contribution is 5.77. The molecule has 2 N–H and O–H groups in total. The molecule has 1 atom stereocenters. The van der Waals surface area contributed by atoms with Crippen molar-refractivity contribution in [1.29, 1.82) is 0 Å². The lowest BCUT2D eigenvalue weighted by atomic mass is 10.0. The van der Waals surface area contributed by atoms with Crippen LogP contribution in [0.25, 0.3) is 0 Å². The topological polar surface area (TPSA) is 84.9 Å². The van der Waals surface area contributed by atoms with Gasteiger partial charge in [-0.3, -0.25) is 9.59 Å². The molecule has 2 rings (SSSR count). The number of ether oxygens (including phenoxy) is 2. The van der Waals surface area contributed by atoms with E-state index in [0.717, 1.165) is 11.1 Å². The Kier molecular flexibility index (Phi) is 7.67. The van der Waals surface area contributed by atoms with Crippen LogP contribution in [0.1, 0.15) is 36.4 Å². The van der Waals surface area contributed by atoms with Crippen LogP contribution in [0.4, 0.5) is 0 Å². The summed E-state index contributed by atoms with van der Waals surface area (Å²) in [5.41, 5.74) is 1.86. The monoisotopic (exact) mass is 371 g/mol. The lowest BCUT2D eigenvalue weighted by Crippen LogP contribution is -2.29. The largest absolute Gasteiger partial charge is 0.493 e. The van der Waals surface area contributed by atoms with Crippen molar-refractivity contribution in [2.24, 2.45) is 0 Å². The van der Waals surface area contributed by atoms with E-state index in [9.17, 15) is 9.59 Å². The van der Waals surface area contributed by atoms with Crippen molar-refractivity contribution < 1.29 is 24.2 Å². The first-order chi connectivity index (χ1) is 13.0. The number of carbonyl (C=O) groups is 2. The second kappa shape index (κ2) is 10.2. The van der Waals surface area contributed by atoms with E-state index in [1.165, 1.54) is 0 Å². The number of aryl methyl sites for hydroxylation is 1. The van der Waals surface area contributed by atoms with Crippen LogP contribution in [0.15, 0.2) is 48.5 Å². The van der Waals surface area contributed by atoms with E-state index < -0.39 is 5.97 Å². The molecule has 27 heavy (non-hydrogen) atoms. The predicted octanol–water partition coefficient (Wildman–Crippen LogP) is 3.36. The smallest absolute Gasteiger partial charge is 0.303 e. The van der Waals surface area contributed by atoms with Crippen molar-refractivity contribution in [3.05, 3.63) is 59.7 Å². The molecule has 0 aliphatic rings. The van der Waals surface area contributed by atoms with Gasteiger partial charge in [0.2, 0.25) is 5.91 Å². The summed E-state index contributed by atoms with van der Waals surface area (Å²) in [4.78, 5) is 23.3. The molecule has 0 saturated carbocycles. The van der Waals surface area contributed by atoms with Crippen LogP contribution < -0.4 is 14.8 Å². The molecule has 0 bridgehead atoms. The Bertz CT molecular complexity index is 760. The highest BCUT2D eigenvalue weighted by Gasteiger charge is 2.16. The van der Waals surface area contributed by atoms with Crippen LogP contribution in [0.5, 0.6) is 11.5 Å². The number of hydrogen-bond acceptors (Lipinski definition) is 4. The number of nitrogens with one attached hydrogen (secondary N) is 1. The highest BCUT2D eigenvalue weighted by atomic mass is 16.5. The third kappa shape index (κ3) is 6.33. The molecular formula is C21H25NO5. The van der Waals surface area contributed by atoms with Crippen molar-refractivity contribution in [3.63, 3.8) is 0 Å². The predicted molar refractivity (Wildman–Crippen MR) is 102 cm³/mol. The Labute approximate surface area is 159 Å². The van der Waals surface area contributed by atoms with Gasteiger partial charge in [0.15, 0.2) is 11.5 Å². The number of amides is 1. The fraction of sp³-hybridized carbons (Fsp3) is 0.333. The van der Waals surface area contributed by atoms with Crippen molar-refractivity contribution >= 4 is 11.9 Å². The van der Waals surface area contributed by atoms with Gasteiger partial charge in [0, 0.05) is 12.8 Å². The number of hydrogen-bond donors (Lipinski definition) is 2. The molecule has 0 saturated heterocycles. The first-order valence-corrected chi connectivity index (χ1v) is 8.80. The van der Waals surface area contributed by atoms with Gasteiger partial charge in [-0.1, -0.05) is 36.4 Å². The minimum Gasteiger partial charge on any atom is -0.493 e. The summed E-state index contributed by atoms with van der Waals surface area (Å²) in [5, 5.41) is 11.9. The molecule has 0 spiro atoms. The second-order valence-electron chi connectivity index (χ2n) is 6.15. The van der Waals surface area contributed by atoms with E-state index in [2.05, 4.69) is 5.32 Å². The Morgan fingerprint density at radius 3 is 2.33 bits per heavy atom. The third-order valence-electron chi connectivity index (χ3n) is 4.27. The van der Waals surface area contributed by atoms with Gasteiger partial charge in [-0.25, -0.2) is 0 Å². The molecule has 1 amide bonds. The van der Waals surface area contributed by atoms with Gasteiger partial charge in [0.25, 0.3) is 0 Å². The Hall–Kier alpha value is -3.02. The molecule has 0 aliphatic heterocycles. The van der Waals surface area contributed by atoms with Crippen molar-refractivity contribution in [1.82, 2.24) is 5.32 Å². The zero-order chi connectivity index (χ0) is 19.6. The normalized spacial score (nSPS) is 11.5. The maximum Gasteiger partial charge on any atom is 0.303 e. The second-order valence-corrected chi connectivity index (χ2v) is 6.15. The number of carboxylic acid groups (broad SMARTS) is 1. The lowest BCUT2D eigenvalue weighted by molar-refractivity contribution is -0.137. The van der Waals surface area contributed by atoms with E-state index in [4.69, 9.17) is 14.6 Å². The quantitative estimate of drug-likeness (QED) is 0.669. The van der Waals surface area contributed by atoms with Crippen LogP contribution in [0.2, 0.25) is 0 Å². The fourth-order valence-corrected chi connectivity index (χ4v) is 2.84. The van der Waals surface area contributed by atoms with Crippen LogP contribution in [-0.4, -0.2) is 31.2 Å². The van der Waals surface area contributed by atoms with E-state index in [0.29, 0.717) is 30.8 Å². The summed E-state index contributed by atoms with van der Waals surface area (Å²) < 4.78 is 10.5. The third-order valence-corrected chi connectivity index (χ3v) is 4.27. The molecule has 0 heterocycles. The van der Waals surface area contributed by atoms with E-state index in [-0.39, 0.29) is 18.4 Å².